The second-order valence-electron chi connectivity index (χ2n) is 5.59. The molecule has 2 N–H and O–H groups in total. The van der Waals surface area contributed by atoms with Gasteiger partial charge in [-0.2, -0.15) is 8.75 Å². The number of nitrogens with one attached hydrogen (secondary N) is 2. The Bertz CT molecular complexity index is 777. The molecule has 2 heterocycles. The number of aromatic nitrogens is 2. The van der Waals surface area contributed by atoms with Crippen molar-refractivity contribution in [3.05, 3.63) is 28.1 Å². The predicted molar refractivity (Wildman–Crippen MR) is 106 cm³/mol. The number of nitrogens with zero attached hydrogens (tertiary/aromatic N) is 3. The number of likely N-dealkylation sites (tertiary alicyclic amines) is 1. The topological polar surface area (TPSA) is 70.2 Å². The second-order valence-corrected chi connectivity index (χ2v) is 7.74. The van der Waals surface area contributed by atoms with Crippen molar-refractivity contribution in [3.8, 4) is 0 Å². The molecule has 1 aromatic heterocycles. The molecule has 1 aliphatic rings. The minimum Gasteiger partial charge on any atom is -0.373 e. The van der Waals surface area contributed by atoms with Crippen LogP contribution in [0, 0.1) is 0 Å². The Balaban J connectivity index is 1.58. The van der Waals surface area contributed by atoms with Crippen LogP contribution >= 0.6 is 46.9 Å². The molecule has 0 atom stereocenters. The van der Waals surface area contributed by atoms with Gasteiger partial charge in [0.2, 0.25) is 5.91 Å². The molecular formula is C15H17Cl2N5OS2. The van der Waals surface area contributed by atoms with Gasteiger partial charge in [0.1, 0.15) is 11.0 Å². The van der Waals surface area contributed by atoms with Crippen LogP contribution in [0.3, 0.4) is 0 Å². The van der Waals surface area contributed by atoms with Gasteiger partial charge >= 0.3 is 0 Å². The third kappa shape index (κ3) is 4.38. The van der Waals surface area contributed by atoms with Crippen LogP contribution in [0.15, 0.2) is 18.1 Å². The summed E-state index contributed by atoms with van der Waals surface area (Å²) >= 11 is 14.9. The third-order valence-electron chi connectivity index (χ3n) is 4.03. The Morgan fingerprint density at radius 3 is 2.80 bits per heavy atom. The van der Waals surface area contributed by atoms with Crippen LogP contribution in [0.1, 0.15) is 12.8 Å². The molecule has 10 heteroatoms. The van der Waals surface area contributed by atoms with Gasteiger partial charge in [-0.15, -0.1) is 0 Å². The molecular weight excluding hydrogens is 401 g/mol. The molecule has 0 spiro atoms. The van der Waals surface area contributed by atoms with Crippen molar-refractivity contribution in [2.75, 3.05) is 25.0 Å². The van der Waals surface area contributed by atoms with Crippen LogP contribution in [0.5, 0.6) is 0 Å². The first-order chi connectivity index (χ1) is 12.1. The lowest BCUT2D eigenvalue weighted by Crippen LogP contribution is -2.45. The standard InChI is InChI=1S/C15H17Cl2N5OS2/c1-2-24-19-9-3-5-22(6-4-9)12(23)8-18-13-10(16)7-11(17)14-15(13)21-25-20-14/h2,7,9,18-19H,1,3-6,8H2. The number of rotatable bonds is 6. The maximum Gasteiger partial charge on any atom is 0.241 e. The van der Waals surface area contributed by atoms with E-state index in [0.717, 1.165) is 37.7 Å². The fourth-order valence-corrected chi connectivity index (χ4v) is 4.41. The smallest absolute Gasteiger partial charge is 0.241 e. The number of anilines is 1. The maximum absolute atomic E-state index is 12.5. The minimum absolute atomic E-state index is 0.0391. The summed E-state index contributed by atoms with van der Waals surface area (Å²) in [5, 5.41) is 5.76. The third-order valence-corrected chi connectivity index (χ3v) is 5.78. The van der Waals surface area contributed by atoms with Gasteiger partial charge in [0.15, 0.2) is 0 Å². The van der Waals surface area contributed by atoms with Crippen LogP contribution in [0.4, 0.5) is 5.69 Å². The zero-order chi connectivity index (χ0) is 17.8. The van der Waals surface area contributed by atoms with E-state index in [4.69, 9.17) is 23.2 Å². The minimum atomic E-state index is 0.0391. The average Bonchev–Trinajstić information content (AvgIpc) is 3.10. The first-order valence-corrected chi connectivity index (χ1v) is 10.1. The summed E-state index contributed by atoms with van der Waals surface area (Å²) in [5.74, 6) is 0.0391. The van der Waals surface area contributed by atoms with E-state index in [1.54, 1.807) is 11.5 Å². The van der Waals surface area contributed by atoms with Crippen molar-refractivity contribution in [2.24, 2.45) is 0 Å². The molecule has 0 bridgehead atoms. The van der Waals surface area contributed by atoms with E-state index in [0.29, 0.717) is 32.8 Å². The van der Waals surface area contributed by atoms with E-state index < -0.39 is 0 Å². The molecule has 2 aromatic rings. The summed E-state index contributed by atoms with van der Waals surface area (Å²) in [6.45, 7) is 5.30. The van der Waals surface area contributed by atoms with Gasteiger partial charge in [0.05, 0.1) is 34.0 Å². The number of piperidine rings is 1. The number of fused-ring (bicyclic) bond motifs is 1. The van der Waals surface area contributed by atoms with Crippen LogP contribution in [-0.4, -0.2) is 45.2 Å². The summed E-state index contributed by atoms with van der Waals surface area (Å²) in [4.78, 5) is 14.3. The Morgan fingerprint density at radius 1 is 1.36 bits per heavy atom. The van der Waals surface area contributed by atoms with Crippen molar-refractivity contribution in [2.45, 2.75) is 18.9 Å². The number of carbonyl (C=O) groups is 1. The van der Waals surface area contributed by atoms with E-state index in [1.165, 1.54) is 11.9 Å². The highest BCUT2D eigenvalue weighted by atomic mass is 35.5. The summed E-state index contributed by atoms with van der Waals surface area (Å²) in [7, 11) is 0. The number of benzene rings is 1. The number of carbonyl (C=O) groups excluding carboxylic acids is 1. The number of hydrogen-bond donors (Lipinski definition) is 2. The fraction of sp³-hybridized carbons (Fsp3) is 0.400. The van der Waals surface area contributed by atoms with Crippen LogP contribution in [0.2, 0.25) is 10.0 Å². The first kappa shape index (κ1) is 18.7. The second kappa shape index (κ2) is 8.55. The molecule has 25 heavy (non-hydrogen) atoms. The lowest BCUT2D eigenvalue weighted by Gasteiger charge is -2.32. The van der Waals surface area contributed by atoms with E-state index in [1.807, 2.05) is 4.90 Å². The van der Waals surface area contributed by atoms with Gasteiger partial charge < -0.3 is 10.2 Å². The summed E-state index contributed by atoms with van der Waals surface area (Å²) in [5.41, 5.74) is 1.79. The summed E-state index contributed by atoms with van der Waals surface area (Å²) < 4.78 is 11.7. The number of halogens is 2. The van der Waals surface area contributed by atoms with Crippen molar-refractivity contribution >= 4 is 69.5 Å². The van der Waals surface area contributed by atoms with Crippen LogP contribution in [0.25, 0.3) is 11.0 Å². The lowest BCUT2D eigenvalue weighted by molar-refractivity contribution is -0.130. The van der Waals surface area contributed by atoms with Crippen molar-refractivity contribution in [1.82, 2.24) is 18.4 Å². The molecule has 6 nitrogen and oxygen atoms in total. The Hall–Kier alpha value is -1.06. The zero-order valence-corrected chi connectivity index (χ0v) is 16.4. The summed E-state index contributed by atoms with van der Waals surface area (Å²) in [6, 6.07) is 2.03. The lowest BCUT2D eigenvalue weighted by atomic mass is 10.1. The zero-order valence-electron chi connectivity index (χ0n) is 13.3. The number of hydrogen-bond acceptors (Lipinski definition) is 7. The molecule has 0 radical (unpaired) electrons. The molecule has 3 rings (SSSR count). The molecule has 134 valence electrons. The van der Waals surface area contributed by atoms with Crippen molar-refractivity contribution < 1.29 is 4.79 Å². The van der Waals surface area contributed by atoms with Gasteiger partial charge in [-0.05, 0) is 24.3 Å². The Labute approximate surface area is 164 Å². The normalized spacial score (nSPS) is 15.5. The van der Waals surface area contributed by atoms with E-state index in [2.05, 4.69) is 25.4 Å². The van der Waals surface area contributed by atoms with Crippen LogP contribution < -0.4 is 10.0 Å². The highest BCUT2D eigenvalue weighted by Crippen LogP contribution is 2.35. The Morgan fingerprint density at radius 2 is 2.08 bits per heavy atom. The summed E-state index contributed by atoms with van der Waals surface area (Å²) in [6.07, 6.45) is 1.85. The SMILES string of the molecule is C=CSNC1CCN(C(=O)CNc2c(Cl)cc(Cl)c3nsnc23)CC1. The average molecular weight is 418 g/mol. The van der Waals surface area contributed by atoms with Gasteiger partial charge in [-0.1, -0.05) is 41.7 Å². The molecule has 0 aliphatic carbocycles. The van der Waals surface area contributed by atoms with E-state index in [9.17, 15) is 4.79 Å². The van der Waals surface area contributed by atoms with Crippen molar-refractivity contribution in [3.63, 3.8) is 0 Å². The van der Waals surface area contributed by atoms with Crippen LogP contribution in [-0.2, 0) is 4.79 Å². The highest BCUT2D eigenvalue weighted by Gasteiger charge is 2.23. The maximum atomic E-state index is 12.5. The quantitative estimate of drug-likeness (QED) is 0.696. The molecule has 0 unspecified atom stereocenters. The van der Waals surface area contributed by atoms with E-state index in [-0.39, 0.29) is 12.5 Å². The Kier molecular flexibility index (Phi) is 6.40. The fourth-order valence-electron chi connectivity index (χ4n) is 2.71. The van der Waals surface area contributed by atoms with Crippen molar-refractivity contribution in [1.29, 1.82) is 0 Å². The monoisotopic (exact) mass is 417 g/mol. The van der Waals surface area contributed by atoms with Gasteiger partial charge in [0.25, 0.3) is 0 Å². The predicted octanol–water partition coefficient (Wildman–Crippen LogP) is 3.78. The molecule has 1 aliphatic heterocycles. The van der Waals surface area contributed by atoms with E-state index >= 15 is 0 Å². The molecule has 1 saturated heterocycles. The van der Waals surface area contributed by atoms with Gasteiger partial charge in [-0.25, -0.2) is 0 Å². The molecule has 1 aromatic carbocycles. The number of amides is 1. The highest BCUT2D eigenvalue weighted by molar-refractivity contribution is 8.00. The van der Waals surface area contributed by atoms with Gasteiger partial charge in [-0.3, -0.25) is 9.52 Å². The first-order valence-electron chi connectivity index (χ1n) is 7.74. The molecule has 1 fully saturated rings. The molecule has 1 amide bonds. The van der Waals surface area contributed by atoms with Gasteiger partial charge in [0, 0.05) is 19.1 Å². The molecule has 0 saturated carbocycles. The largest absolute Gasteiger partial charge is 0.373 e.